The van der Waals surface area contributed by atoms with Gasteiger partial charge in [-0.3, -0.25) is 9.59 Å². The highest BCUT2D eigenvalue weighted by atomic mass is 16.2. The van der Waals surface area contributed by atoms with Crippen molar-refractivity contribution in [3.8, 4) is 11.3 Å². The Hall–Kier alpha value is -3.15. The van der Waals surface area contributed by atoms with Crippen molar-refractivity contribution in [1.29, 1.82) is 0 Å². The van der Waals surface area contributed by atoms with Gasteiger partial charge in [0.15, 0.2) is 0 Å². The van der Waals surface area contributed by atoms with Crippen molar-refractivity contribution >= 4 is 17.5 Å². The molecule has 6 nitrogen and oxygen atoms in total. The summed E-state index contributed by atoms with van der Waals surface area (Å²) in [5, 5.41) is 2.87. The van der Waals surface area contributed by atoms with Gasteiger partial charge in [-0.05, 0) is 81.3 Å². The number of fused-ring (bicyclic) bond motifs is 1. The molecule has 1 N–H and O–H groups in total. The molecule has 0 radical (unpaired) electrons. The van der Waals surface area contributed by atoms with Crippen molar-refractivity contribution in [3.63, 3.8) is 0 Å². The van der Waals surface area contributed by atoms with Gasteiger partial charge in [-0.1, -0.05) is 6.07 Å². The second-order valence-electron chi connectivity index (χ2n) is 8.88. The summed E-state index contributed by atoms with van der Waals surface area (Å²) < 4.78 is 2.21. The lowest BCUT2D eigenvalue weighted by Gasteiger charge is -2.31. The average molecular weight is 433 g/mol. The zero-order valence-corrected chi connectivity index (χ0v) is 19.4. The second-order valence-corrected chi connectivity index (χ2v) is 8.88. The van der Waals surface area contributed by atoms with E-state index in [1.165, 1.54) is 11.3 Å². The summed E-state index contributed by atoms with van der Waals surface area (Å²) in [5.41, 5.74) is 7.10. The maximum atomic E-state index is 12.3. The van der Waals surface area contributed by atoms with Gasteiger partial charge >= 0.3 is 0 Å². The van der Waals surface area contributed by atoms with Gasteiger partial charge in [0.1, 0.15) is 5.65 Å². The van der Waals surface area contributed by atoms with Gasteiger partial charge in [0.2, 0.25) is 5.91 Å². The summed E-state index contributed by atoms with van der Waals surface area (Å²) in [6.07, 6.45) is 5.04. The van der Waals surface area contributed by atoms with E-state index in [4.69, 9.17) is 4.98 Å². The molecule has 168 valence electrons. The van der Waals surface area contributed by atoms with Crippen LogP contribution in [0.4, 0.5) is 0 Å². The molecule has 0 saturated carbocycles. The molecule has 0 spiro atoms. The normalized spacial score (nSPS) is 14.7. The first kappa shape index (κ1) is 22.1. The largest absolute Gasteiger partial charge is 0.352 e. The van der Waals surface area contributed by atoms with Crippen LogP contribution in [0.1, 0.15) is 53.9 Å². The number of aryl methyl sites for hydroxylation is 2. The molecule has 3 aromatic rings. The monoisotopic (exact) mass is 432 g/mol. The van der Waals surface area contributed by atoms with Crippen molar-refractivity contribution < 1.29 is 9.59 Å². The van der Waals surface area contributed by atoms with Gasteiger partial charge in [0.05, 0.1) is 11.4 Å². The molecule has 0 bridgehead atoms. The highest BCUT2D eigenvalue weighted by Gasteiger charge is 2.25. The number of carbonyl (C=O) groups is 2. The summed E-state index contributed by atoms with van der Waals surface area (Å²) >= 11 is 0. The molecule has 0 atom stereocenters. The summed E-state index contributed by atoms with van der Waals surface area (Å²) in [5.74, 6) is 0.628. The lowest BCUT2D eigenvalue weighted by Crippen LogP contribution is -2.37. The third kappa shape index (κ3) is 4.40. The van der Waals surface area contributed by atoms with Gasteiger partial charge in [-0.2, -0.15) is 0 Å². The van der Waals surface area contributed by atoms with Crippen LogP contribution in [0.3, 0.4) is 0 Å². The summed E-state index contributed by atoms with van der Waals surface area (Å²) in [6.45, 7) is 9.96. The molecule has 1 aliphatic heterocycles. The number of rotatable bonds is 5. The zero-order valence-electron chi connectivity index (χ0n) is 19.4. The first-order valence-electron chi connectivity index (χ1n) is 11.5. The first-order valence-corrected chi connectivity index (χ1v) is 11.5. The predicted molar refractivity (Wildman–Crippen MR) is 127 cm³/mol. The number of imidazole rings is 1. The smallest absolute Gasteiger partial charge is 0.251 e. The van der Waals surface area contributed by atoms with Crippen molar-refractivity contribution in [2.45, 2.75) is 47.0 Å². The predicted octanol–water partition coefficient (Wildman–Crippen LogP) is 4.17. The van der Waals surface area contributed by atoms with Gasteiger partial charge in [0.25, 0.3) is 5.91 Å². The molecule has 1 aliphatic rings. The Kier molecular flexibility index (Phi) is 6.31. The van der Waals surface area contributed by atoms with Crippen molar-refractivity contribution in [2.24, 2.45) is 5.92 Å². The number of nitrogens with zero attached hydrogens (tertiary/aromatic N) is 3. The summed E-state index contributed by atoms with van der Waals surface area (Å²) in [4.78, 5) is 30.9. The highest BCUT2D eigenvalue weighted by Crippen LogP contribution is 2.32. The van der Waals surface area contributed by atoms with Crippen LogP contribution in [0, 0.1) is 19.8 Å². The molecule has 4 rings (SSSR count). The SMILES string of the molecule is CCNC(=O)c1ccc(-c2nc3cc(C)ccn3c2CC2CCN(C(C)=O)CC2)c(C)c1. The molecule has 6 heteroatoms. The topological polar surface area (TPSA) is 66.7 Å². The minimum Gasteiger partial charge on any atom is -0.352 e. The quantitative estimate of drug-likeness (QED) is 0.658. The van der Waals surface area contributed by atoms with Crippen LogP contribution in [0.15, 0.2) is 36.5 Å². The van der Waals surface area contributed by atoms with Crippen LogP contribution in [-0.2, 0) is 11.2 Å². The highest BCUT2D eigenvalue weighted by molar-refractivity contribution is 5.95. The van der Waals surface area contributed by atoms with E-state index in [1.807, 2.05) is 36.9 Å². The Labute approximate surface area is 189 Å². The molecule has 1 aromatic carbocycles. The van der Waals surface area contributed by atoms with Gasteiger partial charge < -0.3 is 14.6 Å². The van der Waals surface area contributed by atoms with E-state index >= 15 is 0 Å². The fraction of sp³-hybridized carbons (Fsp3) is 0.423. The second kappa shape index (κ2) is 9.15. The fourth-order valence-electron chi connectivity index (χ4n) is 4.67. The fourth-order valence-corrected chi connectivity index (χ4v) is 4.67. The third-order valence-electron chi connectivity index (χ3n) is 6.50. The average Bonchev–Trinajstić information content (AvgIpc) is 3.11. The van der Waals surface area contributed by atoms with Crippen LogP contribution >= 0.6 is 0 Å². The minimum absolute atomic E-state index is 0.0507. The summed E-state index contributed by atoms with van der Waals surface area (Å²) in [7, 11) is 0. The molecule has 1 saturated heterocycles. The Morgan fingerprint density at radius 1 is 1.12 bits per heavy atom. The number of hydrogen-bond donors (Lipinski definition) is 1. The van der Waals surface area contributed by atoms with Crippen molar-refractivity contribution in [2.75, 3.05) is 19.6 Å². The van der Waals surface area contributed by atoms with Gasteiger partial charge in [-0.15, -0.1) is 0 Å². The first-order chi connectivity index (χ1) is 15.4. The van der Waals surface area contributed by atoms with E-state index < -0.39 is 0 Å². The van der Waals surface area contributed by atoms with Gasteiger partial charge in [0, 0.05) is 43.9 Å². The van der Waals surface area contributed by atoms with Gasteiger partial charge in [-0.25, -0.2) is 4.98 Å². The third-order valence-corrected chi connectivity index (χ3v) is 6.50. The van der Waals surface area contributed by atoms with E-state index in [-0.39, 0.29) is 11.8 Å². The number of carbonyl (C=O) groups excluding carboxylic acids is 2. The molecule has 32 heavy (non-hydrogen) atoms. The molecule has 0 unspecified atom stereocenters. The minimum atomic E-state index is -0.0507. The van der Waals surface area contributed by atoms with Crippen LogP contribution in [-0.4, -0.2) is 45.7 Å². The number of benzene rings is 1. The number of likely N-dealkylation sites (tertiary alicyclic amines) is 1. The number of pyridine rings is 1. The molecular weight excluding hydrogens is 400 g/mol. The maximum Gasteiger partial charge on any atom is 0.251 e. The van der Waals surface area contributed by atoms with E-state index in [0.717, 1.165) is 54.8 Å². The van der Waals surface area contributed by atoms with Crippen LogP contribution < -0.4 is 5.32 Å². The number of nitrogens with one attached hydrogen (secondary N) is 1. The van der Waals surface area contributed by atoms with E-state index in [0.29, 0.717) is 18.0 Å². The maximum absolute atomic E-state index is 12.3. The Balaban J connectivity index is 1.70. The Morgan fingerprint density at radius 3 is 2.53 bits per heavy atom. The molecule has 2 amide bonds. The number of aromatic nitrogens is 2. The number of piperidine rings is 1. The standard InChI is InChI=1S/C26H32N4O2/c1-5-27-26(32)21-6-7-22(18(3)15-21)25-23(30-13-8-17(2)14-24(30)28-25)16-20-9-11-29(12-10-20)19(4)31/h6-8,13-15,20H,5,9-12,16H2,1-4H3,(H,27,32). The number of hydrogen-bond acceptors (Lipinski definition) is 3. The van der Waals surface area contributed by atoms with Crippen molar-refractivity contribution in [3.05, 3.63) is 58.9 Å². The molecule has 1 fully saturated rings. The number of amides is 2. The molecular formula is C26H32N4O2. The van der Waals surface area contributed by atoms with Crippen LogP contribution in [0.5, 0.6) is 0 Å². The lowest BCUT2D eigenvalue weighted by atomic mass is 9.90. The van der Waals surface area contributed by atoms with Crippen LogP contribution in [0.2, 0.25) is 0 Å². The zero-order chi connectivity index (χ0) is 22.8. The van der Waals surface area contributed by atoms with E-state index in [2.05, 4.69) is 35.0 Å². The molecule has 0 aliphatic carbocycles. The van der Waals surface area contributed by atoms with Crippen molar-refractivity contribution in [1.82, 2.24) is 19.6 Å². The Bertz CT molecular complexity index is 1160. The van der Waals surface area contributed by atoms with E-state index in [1.54, 1.807) is 6.92 Å². The van der Waals surface area contributed by atoms with Crippen LogP contribution in [0.25, 0.3) is 16.9 Å². The summed E-state index contributed by atoms with van der Waals surface area (Å²) in [6, 6.07) is 10.1. The molecule has 3 heterocycles. The van der Waals surface area contributed by atoms with E-state index in [9.17, 15) is 9.59 Å². The molecule has 2 aromatic heterocycles. The lowest BCUT2D eigenvalue weighted by molar-refractivity contribution is -0.130. The Morgan fingerprint density at radius 2 is 1.88 bits per heavy atom.